The van der Waals surface area contributed by atoms with Crippen molar-refractivity contribution < 1.29 is 17.2 Å². The Bertz CT molecular complexity index is 888. The van der Waals surface area contributed by atoms with Gasteiger partial charge in [0, 0.05) is 36.1 Å². The minimum atomic E-state index is -3.77. The number of nitrogens with zero attached hydrogens (tertiary/aromatic N) is 2. The fraction of sp³-hybridized carbons (Fsp3) is 0.556. The maximum atomic E-state index is 14.1. The lowest BCUT2D eigenvalue weighted by molar-refractivity contribution is -0.0972. The molecule has 2 heterocycles. The summed E-state index contributed by atoms with van der Waals surface area (Å²) in [6.45, 7) is 5.11. The number of hydrogen-bond donors (Lipinski definition) is 0. The molecule has 138 valence electrons. The molecule has 4 nitrogen and oxygen atoms in total. The molecule has 0 saturated heterocycles. The third kappa shape index (κ3) is 3.19. The Labute approximate surface area is 147 Å². The van der Waals surface area contributed by atoms with Crippen LogP contribution >= 0.6 is 0 Å². The second kappa shape index (κ2) is 6.06. The minimum Gasteiger partial charge on any atom is -0.342 e. The first-order chi connectivity index (χ1) is 11.6. The maximum absolute atomic E-state index is 14.1. The van der Waals surface area contributed by atoms with Crippen molar-refractivity contribution >= 4 is 20.9 Å². The minimum absolute atomic E-state index is 0.227. The Morgan fingerprint density at radius 2 is 1.84 bits per heavy atom. The molecule has 0 amide bonds. The van der Waals surface area contributed by atoms with Crippen LogP contribution in [-0.2, 0) is 23.1 Å². The molecule has 7 heteroatoms. The van der Waals surface area contributed by atoms with E-state index in [0.29, 0.717) is 13.1 Å². The van der Waals surface area contributed by atoms with E-state index in [1.165, 1.54) is 25.1 Å². The summed E-state index contributed by atoms with van der Waals surface area (Å²) in [7, 11) is -3.77. The predicted molar refractivity (Wildman–Crippen MR) is 95.2 cm³/mol. The largest absolute Gasteiger partial charge is 0.342 e. The van der Waals surface area contributed by atoms with Crippen molar-refractivity contribution in [1.82, 2.24) is 8.87 Å². The highest BCUT2D eigenvalue weighted by Crippen LogP contribution is 2.40. The number of halogens is 2. The second-order valence-electron chi connectivity index (χ2n) is 7.38. The zero-order valence-corrected chi connectivity index (χ0v) is 15.6. The summed E-state index contributed by atoms with van der Waals surface area (Å²) in [6.07, 6.45) is -0.371. The van der Waals surface area contributed by atoms with Crippen molar-refractivity contribution in [3.63, 3.8) is 0 Å². The highest BCUT2D eigenvalue weighted by molar-refractivity contribution is 7.89. The fourth-order valence-corrected chi connectivity index (χ4v) is 5.50. The van der Waals surface area contributed by atoms with E-state index >= 15 is 0 Å². The molecule has 0 aliphatic carbocycles. The van der Waals surface area contributed by atoms with Gasteiger partial charge in [0.2, 0.25) is 10.0 Å². The number of fused-ring (bicyclic) bond motifs is 3. The molecule has 0 saturated carbocycles. The Morgan fingerprint density at radius 1 is 1.16 bits per heavy atom. The summed E-state index contributed by atoms with van der Waals surface area (Å²) in [5.74, 6) is -3.58. The first kappa shape index (κ1) is 18.3. The second-order valence-corrected chi connectivity index (χ2v) is 9.35. The summed E-state index contributed by atoms with van der Waals surface area (Å²) in [6, 6.07) is 9.87. The number of aromatic nitrogens is 1. The van der Waals surface area contributed by atoms with Gasteiger partial charge in [0.25, 0.3) is 5.92 Å². The van der Waals surface area contributed by atoms with Gasteiger partial charge in [-0.2, -0.15) is 4.31 Å². The van der Waals surface area contributed by atoms with Crippen LogP contribution in [0.15, 0.2) is 30.3 Å². The number of rotatable bonds is 5. The van der Waals surface area contributed by atoms with E-state index in [9.17, 15) is 17.2 Å². The molecule has 1 aliphatic heterocycles. The van der Waals surface area contributed by atoms with Gasteiger partial charge in [0.1, 0.15) is 0 Å². The molecular weight excluding hydrogens is 346 g/mol. The van der Waals surface area contributed by atoms with E-state index in [2.05, 4.69) is 4.57 Å². The van der Waals surface area contributed by atoms with Crippen molar-refractivity contribution in [3.05, 3.63) is 36.0 Å². The molecule has 3 rings (SSSR count). The first-order valence-electron chi connectivity index (χ1n) is 8.50. The van der Waals surface area contributed by atoms with Crippen molar-refractivity contribution in [2.75, 3.05) is 12.3 Å². The monoisotopic (exact) mass is 370 g/mol. The van der Waals surface area contributed by atoms with Gasteiger partial charge in [-0.3, -0.25) is 0 Å². The molecule has 1 aliphatic rings. The van der Waals surface area contributed by atoms with Crippen molar-refractivity contribution in [3.8, 4) is 0 Å². The van der Waals surface area contributed by atoms with Crippen molar-refractivity contribution in [2.24, 2.45) is 5.41 Å². The van der Waals surface area contributed by atoms with Crippen LogP contribution in [0.5, 0.6) is 0 Å². The summed E-state index contributed by atoms with van der Waals surface area (Å²) < 4.78 is 57.2. The van der Waals surface area contributed by atoms with Gasteiger partial charge in [-0.15, -0.1) is 0 Å². The molecule has 25 heavy (non-hydrogen) atoms. The molecule has 0 N–H and O–H groups in total. The fourth-order valence-electron chi connectivity index (χ4n) is 3.50. The quantitative estimate of drug-likeness (QED) is 0.802. The normalized spacial score (nSPS) is 17.0. The molecule has 0 atom stereocenters. The number of sulfonamides is 1. The van der Waals surface area contributed by atoms with Crippen LogP contribution in [-0.4, -0.2) is 35.5 Å². The summed E-state index contributed by atoms with van der Waals surface area (Å²) >= 11 is 0. The van der Waals surface area contributed by atoms with Crippen molar-refractivity contribution in [1.29, 1.82) is 0 Å². The Balaban J connectivity index is 1.85. The average molecular weight is 370 g/mol. The van der Waals surface area contributed by atoms with E-state index in [-0.39, 0.29) is 13.0 Å². The van der Waals surface area contributed by atoms with Gasteiger partial charge in [0.05, 0.1) is 12.3 Å². The SMILES string of the molecule is CCC(F)(F)C(C)(C)CS(=O)(=O)N1CCn2c(cc3ccccc32)C1. The maximum Gasteiger partial charge on any atom is 0.253 e. The Hall–Kier alpha value is -1.47. The molecule has 0 unspecified atom stereocenters. The molecule has 0 fully saturated rings. The number of hydrogen-bond acceptors (Lipinski definition) is 2. The lowest BCUT2D eigenvalue weighted by Gasteiger charge is -2.36. The molecule has 1 aromatic carbocycles. The van der Waals surface area contributed by atoms with Gasteiger partial charge < -0.3 is 4.57 Å². The van der Waals surface area contributed by atoms with Gasteiger partial charge in [-0.25, -0.2) is 17.2 Å². The van der Waals surface area contributed by atoms with Gasteiger partial charge in [0.15, 0.2) is 0 Å². The summed E-state index contributed by atoms with van der Waals surface area (Å²) in [5, 5.41) is 1.06. The molecule has 0 radical (unpaired) electrons. The van der Waals surface area contributed by atoms with Gasteiger partial charge in [-0.05, 0) is 17.5 Å². The summed E-state index contributed by atoms with van der Waals surface area (Å²) in [5.41, 5.74) is 0.369. The van der Waals surface area contributed by atoms with Crippen LogP contribution in [0.25, 0.3) is 10.9 Å². The van der Waals surface area contributed by atoms with E-state index in [1.807, 2.05) is 30.3 Å². The van der Waals surface area contributed by atoms with Crippen LogP contribution < -0.4 is 0 Å². The van der Waals surface area contributed by atoms with Gasteiger partial charge in [-0.1, -0.05) is 39.0 Å². The number of para-hydroxylation sites is 1. The molecule has 1 aromatic heterocycles. The molecule has 0 spiro atoms. The molecule has 0 bridgehead atoms. The number of benzene rings is 1. The highest BCUT2D eigenvalue weighted by atomic mass is 32.2. The van der Waals surface area contributed by atoms with Gasteiger partial charge >= 0.3 is 0 Å². The van der Waals surface area contributed by atoms with E-state index in [4.69, 9.17) is 0 Å². The molecule has 2 aromatic rings. The van der Waals surface area contributed by atoms with Crippen LogP contribution in [0.3, 0.4) is 0 Å². The third-order valence-electron chi connectivity index (χ3n) is 5.18. The van der Waals surface area contributed by atoms with Crippen molar-refractivity contribution in [2.45, 2.75) is 46.2 Å². The van der Waals surface area contributed by atoms with Crippen LogP contribution in [0.1, 0.15) is 32.9 Å². The van der Waals surface area contributed by atoms with E-state index in [1.54, 1.807) is 0 Å². The Kier molecular flexibility index (Phi) is 4.44. The van der Waals surface area contributed by atoms with Crippen LogP contribution in [0.2, 0.25) is 0 Å². The first-order valence-corrected chi connectivity index (χ1v) is 10.1. The number of alkyl halides is 2. The smallest absolute Gasteiger partial charge is 0.253 e. The lowest BCUT2D eigenvalue weighted by Crippen LogP contribution is -2.47. The highest BCUT2D eigenvalue weighted by Gasteiger charge is 2.48. The predicted octanol–water partition coefficient (Wildman–Crippen LogP) is 3.86. The zero-order valence-electron chi connectivity index (χ0n) is 14.8. The topological polar surface area (TPSA) is 42.3 Å². The summed E-state index contributed by atoms with van der Waals surface area (Å²) in [4.78, 5) is 0. The Morgan fingerprint density at radius 3 is 2.52 bits per heavy atom. The third-order valence-corrected chi connectivity index (χ3v) is 7.36. The van der Waals surface area contributed by atoms with E-state index in [0.717, 1.165) is 16.6 Å². The standard InChI is InChI=1S/C18H24F2N2O2S/c1-4-18(19,20)17(2,3)13-25(23,24)21-9-10-22-15(12-21)11-14-7-5-6-8-16(14)22/h5-8,11H,4,9-10,12-13H2,1-3H3. The average Bonchev–Trinajstić information content (AvgIpc) is 2.91. The lowest BCUT2D eigenvalue weighted by atomic mass is 9.86. The zero-order chi connectivity index (χ0) is 18.5. The van der Waals surface area contributed by atoms with Crippen LogP contribution in [0.4, 0.5) is 8.78 Å². The van der Waals surface area contributed by atoms with Crippen LogP contribution in [0, 0.1) is 5.41 Å². The molecular formula is C18H24F2N2O2S. The van der Waals surface area contributed by atoms with E-state index < -0.39 is 27.1 Å².